The van der Waals surface area contributed by atoms with Crippen molar-refractivity contribution in [3.63, 3.8) is 0 Å². The van der Waals surface area contributed by atoms with Crippen LogP contribution in [0.1, 0.15) is 131 Å². The number of aryl methyl sites for hydroxylation is 5. The maximum atomic E-state index is 12.9. The molecule has 12 aromatic heterocycles. The number of carbonyl (C=O) groups is 1. The fourth-order valence-electron chi connectivity index (χ4n) is 15.3. The molecule has 2 fully saturated rings. The maximum Gasteiger partial charge on any atom is 0.254 e. The van der Waals surface area contributed by atoms with Crippen LogP contribution in [-0.2, 0) is 6.42 Å². The van der Waals surface area contributed by atoms with Crippen LogP contribution in [-0.4, -0.2) is 147 Å². The SMILES string of the molecule is Cc1cc(Nc2nc(-c3ccncc3)nc3cc(Cl)ccc23)n[nH]1.Cc1cc(Nc2nc(-c3ccncc3)nc3ccc(Cl)cc23)n[nH]1.Cc1cc(Nc2nc(C3CCCCC3)nc3ccccc23)n[nH]1.Cc1cc(Nc2nc(C3CCCCN3C)nc3ccccc23)n[nH]1.Cc1cc(Nc2nc(C3Cc4ccccc4C(=O)N3C)nc3ccccc23)n[nH]1. The summed E-state index contributed by atoms with van der Waals surface area (Å²) in [6, 6.07) is 60.2. The van der Waals surface area contributed by atoms with Crippen molar-refractivity contribution >= 4 is 142 Å². The summed E-state index contributed by atoms with van der Waals surface area (Å²) in [5, 5.41) is 58.3. The second-order valence-electron chi connectivity index (χ2n) is 30.9. The topological polar surface area (TPSA) is 382 Å². The van der Waals surface area contributed by atoms with Gasteiger partial charge in [-0.2, -0.15) is 25.5 Å². The van der Waals surface area contributed by atoms with Crippen molar-refractivity contribution < 1.29 is 4.79 Å². The molecule has 30 nitrogen and oxygen atoms in total. The van der Waals surface area contributed by atoms with Gasteiger partial charge in [0.1, 0.15) is 40.7 Å². The molecule has 0 radical (unpaired) electrons. The first-order valence-corrected chi connectivity index (χ1v) is 41.8. The molecule has 1 saturated heterocycles. The minimum absolute atomic E-state index is 0.00829. The first kappa shape index (κ1) is 81.7. The number of benzene rings is 6. The predicted octanol–water partition coefficient (Wildman–Crippen LogP) is 20.0. The van der Waals surface area contributed by atoms with Gasteiger partial charge in [-0.1, -0.05) is 103 Å². The van der Waals surface area contributed by atoms with E-state index >= 15 is 0 Å². The quantitative estimate of drug-likeness (QED) is 0.0456. The van der Waals surface area contributed by atoms with Crippen molar-refractivity contribution in [1.82, 2.24) is 121 Å². The molecule has 1 amide bonds. The molecular formula is C92H89Cl2N29O. The number of hydrogen-bond donors (Lipinski definition) is 10. The van der Waals surface area contributed by atoms with Crippen LogP contribution < -0.4 is 26.6 Å². The molecule has 2 aliphatic heterocycles. The number of likely N-dealkylation sites (N-methyl/N-ethyl adjacent to an activating group) is 1. The zero-order chi connectivity index (χ0) is 85.2. The first-order valence-electron chi connectivity index (χ1n) is 41.0. The van der Waals surface area contributed by atoms with E-state index < -0.39 is 0 Å². The van der Waals surface area contributed by atoms with Gasteiger partial charge in [0.2, 0.25) is 0 Å². The van der Waals surface area contributed by atoms with Gasteiger partial charge in [-0.05, 0) is 183 Å². The number of amides is 1. The van der Waals surface area contributed by atoms with E-state index in [0.29, 0.717) is 74.8 Å². The Kier molecular flexibility index (Phi) is 24.5. The lowest BCUT2D eigenvalue weighted by Crippen LogP contribution is -2.38. The standard InChI is InChI=1S/C22H20N6O.C18H22N6.C18H21N5.2C17H13ClN6/c1-13-11-19(27-26-13)24-20-16-9-5-6-10-17(16)23-21(25-20)18-12-14-7-3-4-8-15(14)22(29)28(18)2;1-12-11-16(23-22-12)20-17-13-7-3-4-8-14(13)19-18(21-17)15-9-5-6-10-24(15)2;1-12-11-16(23-22-12)20-18-14-9-5-6-10-15(14)19-17(21-18)13-7-3-2-4-8-13;1-10-8-15(24-23-10)21-17-13-9-12(18)2-3-14(13)20-16(22-17)11-4-6-19-7-5-11;1-10-8-15(24-23-10)21-17-13-3-2-12(18)9-14(13)20-16(22-17)11-4-6-19-7-5-11/h3-11,18H,12H2,1-2H3,(H2,23,24,25,26,27);3-4,7-8,11,15H,5-6,9-10H2,1-2H3,(H2,19,20,21,22,23);5-6,9-11,13H,2-4,7-8H2,1H3,(H2,19,20,21,22,23);2*2-9H,1H3,(H2,20,21,22,23,24). The summed E-state index contributed by atoms with van der Waals surface area (Å²) >= 11 is 12.3. The molecular weight excluding hydrogens is 1600 g/mol. The summed E-state index contributed by atoms with van der Waals surface area (Å²) in [6.45, 7) is 10.9. The molecule has 2 unspecified atom stereocenters. The highest BCUT2D eigenvalue weighted by molar-refractivity contribution is 6.31. The molecule has 3 aliphatic rings. The molecule has 622 valence electrons. The van der Waals surface area contributed by atoms with Crippen LogP contribution in [0.3, 0.4) is 0 Å². The van der Waals surface area contributed by atoms with Gasteiger partial charge in [0, 0.05) is 157 Å². The van der Waals surface area contributed by atoms with E-state index in [1.54, 1.807) is 29.7 Å². The molecule has 124 heavy (non-hydrogen) atoms. The number of para-hydroxylation sites is 3. The Morgan fingerprint density at radius 2 is 0.742 bits per heavy atom. The zero-order valence-electron chi connectivity index (χ0n) is 69.2. The van der Waals surface area contributed by atoms with Crippen LogP contribution in [0.5, 0.6) is 0 Å². The number of piperidine rings is 1. The lowest BCUT2D eigenvalue weighted by molar-refractivity contribution is 0.0698. The van der Waals surface area contributed by atoms with Crippen molar-refractivity contribution in [2.75, 3.05) is 47.2 Å². The van der Waals surface area contributed by atoms with E-state index in [-0.39, 0.29) is 18.0 Å². The normalized spacial score (nSPS) is 14.6. The van der Waals surface area contributed by atoms with Gasteiger partial charge >= 0.3 is 0 Å². The van der Waals surface area contributed by atoms with Gasteiger partial charge in [-0.15, -0.1) is 0 Å². The van der Waals surface area contributed by atoms with Gasteiger partial charge in [0.05, 0.1) is 39.7 Å². The van der Waals surface area contributed by atoms with E-state index in [0.717, 1.165) is 153 Å². The fourth-order valence-corrected chi connectivity index (χ4v) is 15.7. The number of halogens is 2. The maximum absolute atomic E-state index is 12.9. The Hall–Kier alpha value is -14.6. The number of aromatic amines is 5. The summed E-state index contributed by atoms with van der Waals surface area (Å²) in [7, 11) is 3.97. The molecule has 32 heteroatoms. The third-order valence-corrected chi connectivity index (χ3v) is 22.1. The van der Waals surface area contributed by atoms with Crippen LogP contribution in [0.15, 0.2) is 213 Å². The molecule has 21 rings (SSSR count). The van der Waals surface area contributed by atoms with Gasteiger partial charge in [0.25, 0.3) is 5.91 Å². The highest BCUT2D eigenvalue weighted by Crippen LogP contribution is 2.39. The Labute approximate surface area is 723 Å². The highest BCUT2D eigenvalue weighted by atomic mass is 35.5. The second-order valence-corrected chi connectivity index (χ2v) is 31.7. The van der Waals surface area contributed by atoms with Crippen LogP contribution in [0.4, 0.5) is 58.2 Å². The summed E-state index contributed by atoms with van der Waals surface area (Å²) in [6.07, 6.45) is 17.4. The Morgan fingerprint density at radius 1 is 0.355 bits per heavy atom. The zero-order valence-corrected chi connectivity index (χ0v) is 70.7. The number of carbonyl (C=O) groups excluding carboxylic acids is 1. The van der Waals surface area contributed by atoms with Gasteiger partial charge in [-0.25, -0.2) is 49.8 Å². The van der Waals surface area contributed by atoms with Crippen LogP contribution >= 0.6 is 23.2 Å². The van der Waals surface area contributed by atoms with Gasteiger partial charge in [-0.3, -0.25) is 45.2 Å². The number of aromatic nitrogens is 22. The van der Waals surface area contributed by atoms with Crippen LogP contribution in [0, 0.1) is 34.6 Å². The number of anilines is 10. The summed E-state index contributed by atoms with van der Waals surface area (Å²) in [5.74, 6) is 11.5. The summed E-state index contributed by atoms with van der Waals surface area (Å²) < 4.78 is 0. The molecule has 6 aromatic carbocycles. The molecule has 0 bridgehead atoms. The molecule has 0 spiro atoms. The number of pyridine rings is 2. The van der Waals surface area contributed by atoms with Crippen LogP contribution in [0.2, 0.25) is 10.0 Å². The minimum Gasteiger partial charge on any atom is -0.331 e. The Morgan fingerprint density at radius 3 is 1.22 bits per heavy atom. The van der Waals surface area contributed by atoms with Crippen molar-refractivity contribution in [3.8, 4) is 22.8 Å². The molecule has 2 atom stereocenters. The largest absolute Gasteiger partial charge is 0.331 e. The van der Waals surface area contributed by atoms with Gasteiger partial charge < -0.3 is 31.5 Å². The number of nitrogens with one attached hydrogen (secondary N) is 10. The molecule has 18 aromatic rings. The van der Waals surface area contributed by atoms with Crippen LogP contribution in [0.25, 0.3) is 77.3 Å². The lowest BCUT2D eigenvalue weighted by atomic mass is 9.88. The molecule has 1 aliphatic carbocycles. The smallest absolute Gasteiger partial charge is 0.254 e. The molecule has 1 saturated carbocycles. The monoisotopic (exact) mass is 1690 g/mol. The van der Waals surface area contributed by atoms with Crippen molar-refractivity contribution in [2.24, 2.45) is 0 Å². The van der Waals surface area contributed by atoms with Crippen molar-refractivity contribution in [2.45, 2.75) is 110 Å². The number of hydrogen-bond acceptors (Lipinski definition) is 24. The van der Waals surface area contributed by atoms with E-state index in [9.17, 15) is 4.79 Å². The third kappa shape index (κ3) is 19.2. The summed E-state index contributed by atoms with van der Waals surface area (Å²) in [5.41, 5.74) is 12.8. The number of H-pyrrole nitrogens is 5. The average molecular weight is 1690 g/mol. The Bertz CT molecular complexity index is 6810. The predicted molar refractivity (Wildman–Crippen MR) is 487 cm³/mol. The van der Waals surface area contributed by atoms with Crippen molar-refractivity contribution in [3.05, 3.63) is 280 Å². The van der Waals surface area contributed by atoms with E-state index in [1.165, 1.54) is 44.9 Å². The number of fused-ring (bicyclic) bond motifs is 6. The van der Waals surface area contributed by atoms with E-state index in [4.69, 9.17) is 53.1 Å². The van der Waals surface area contributed by atoms with Gasteiger partial charge in [0.15, 0.2) is 46.6 Å². The number of rotatable bonds is 15. The van der Waals surface area contributed by atoms with E-state index in [1.807, 2.05) is 218 Å². The van der Waals surface area contributed by atoms with Crippen molar-refractivity contribution in [1.29, 1.82) is 0 Å². The molecule has 10 N–H and O–H groups in total. The first-order chi connectivity index (χ1) is 60.5. The third-order valence-electron chi connectivity index (χ3n) is 21.6. The second kappa shape index (κ2) is 37.2. The summed E-state index contributed by atoms with van der Waals surface area (Å²) in [4.78, 5) is 72.6. The fraction of sp³-hybridized carbons (Fsp3) is 0.217. The number of likely N-dealkylation sites (tertiary alicyclic amines) is 1. The molecule has 14 heterocycles. The highest BCUT2D eigenvalue weighted by Gasteiger charge is 2.34. The number of nitrogens with zero attached hydrogens (tertiary/aromatic N) is 19. The van der Waals surface area contributed by atoms with E-state index in [2.05, 4.69) is 132 Å². The average Bonchev–Trinajstić information content (AvgIpc) is 1.30. The Balaban J connectivity index is 0.000000110. The minimum atomic E-state index is -0.233. The lowest BCUT2D eigenvalue weighted by Gasteiger charge is -2.33.